The number of hydrogen-bond donors (Lipinski definition) is 0. The first-order valence-electron chi connectivity index (χ1n) is 8.95. The van der Waals surface area contributed by atoms with E-state index in [2.05, 4.69) is 15.4 Å². The quantitative estimate of drug-likeness (QED) is 0.323. The third-order valence-corrected chi connectivity index (χ3v) is 5.29. The Hall–Kier alpha value is -4.11. The molecule has 3 aromatic heterocycles. The second-order valence-corrected chi connectivity index (χ2v) is 7.17. The van der Waals surface area contributed by atoms with Crippen molar-refractivity contribution in [2.75, 3.05) is 0 Å². The van der Waals surface area contributed by atoms with Gasteiger partial charge < -0.3 is 9.63 Å². The van der Waals surface area contributed by atoms with Gasteiger partial charge in [0.15, 0.2) is 17.9 Å². The zero-order valence-electron chi connectivity index (χ0n) is 15.4. The number of para-hydroxylation sites is 1. The molecule has 0 saturated heterocycles. The molecule has 0 radical (unpaired) electrons. The molecule has 0 aliphatic carbocycles. The van der Waals surface area contributed by atoms with Crippen LogP contribution in [0.5, 0.6) is 5.95 Å². The standard InChI is InChI=1S/C21H13N5O3S/c27-12-15-11-25(23-18(15)14-7-3-1-4-8-14)21-22-17(13-30-21)19-20(28)29-24-26(19)16-9-5-2-6-10-16/h1-13H. The monoisotopic (exact) mass is 415 g/mol. The van der Waals surface area contributed by atoms with Gasteiger partial charge in [-0.15, -0.1) is 11.3 Å². The van der Waals surface area contributed by atoms with Crippen LogP contribution in [0.4, 0.5) is 0 Å². The van der Waals surface area contributed by atoms with Gasteiger partial charge in [0.2, 0.25) is 10.8 Å². The van der Waals surface area contributed by atoms with Crippen molar-refractivity contribution in [2.24, 2.45) is 0 Å². The summed E-state index contributed by atoms with van der Waals surface area (Å²) in [6, 6.07) is 18.6. The number of nitrogens with zero attached hydrogens (tertiary/aromatic N) is 5. The smallest absolute Gasteiger partial charge is 0.289 e. The van der Waals surface area contributed by atoms with Crippen LogP contribution in [-0.4, -0.2) is 26.3 Å². The van der Waals surface area contributed by atoms with Gasteiger partial charge in [-0.2, -0.15) is 5.10 Å². The molecule has 146 valence electrons. The van der Waals surface area contributed by atoms with E-state index in [1.54, 1.807) is 11.6 Å². The predicted molar refractivity (Wildman–Crippen MR) is 107 cm³/mol. The minimum atomic E-state index is -0.588. The van der Waals surface area contributed by atoms with Crippen LogP contribution < -0.4 is 9.79 Å². The van der Waals surface area contributed by atoms with Gasteiger partial charge >= 0.3 is 0 Å². The van der Waals surface area contributed by atoms with Crippen molar-refractivity contribution in [1.29, 1.82) is 0 Å². The summed E-state index contributed by atoms with van der Waals surface area (Å²) in [4.78, 5) is 16.1. The number of carbonyl (C=O) groups is 1. The Kier molecular flexibility index (Phi) is 4.41. The number of thiazole rings is 1. The summed E-state index contributed by atoms with van der Waals surface area (Å²) >= 11 is 1.29. The predicted octanol–water partition coefficient (Wildman–Crippen LogP) is 2.81. The van der Waals surface area contributed by atoms with E-state index in [1.807, 2.05) is 60.7 Å². The Bertz CT molecular complexity index is 1330. The molecular formula is C21H13N5O3S. The van der Waals surface area contributed by atoms with Gasteiger partial charge in [-0.05, 0) is 4.68 Å². The van der Waals surface area contributed by atoms with E-state index < -0.39 is 5.95 Å². The molecule has 0 amide bonds. The molecule has 5 aromatic rings. The molecule has 0 aliphatic heterocycles. The minimum absolute atomic E-state index is 0.217. The summed E-state index contributed by atoms with van der Waals surface area (Å²) < 4.78 is 7.82. The van der Waals surface area contributed by atoms with Gasteiger partial charge in [0.1, 0.15) is 5.69 Å². The lowest BCUT2D eigenvalue weighted by atomic mass is 10.1. The van der Waals surface area contributed by atoms with E-state index in [1.165, 1.54) is 20.7 Å². The van der Waals surface area contributed by atoms with Crippen LogP contribution in [0, 0.1) is 0 Å². The molecule has 3 heterocycles. The van der Waals surface area contributed by atoms with Crippen LogP contribution >= 0.6 is 11.3 Å². The molecule has 0 bridgehead atoms. The fraction of sp³-hybridized carbons (Fsp3) is 0. The van der Waals surface area contributed by atoms with Gasteiger partial charge in [0.05, 0.1) is 10.8 Å². The van der Waals surface area contributed by atoms with Crippen LogP contribution in [0.15, 0.2) is 76.8 Å². The fourth-order valence-corrected chi connectivity index (χ4v) is 3.81. The summed E-state index contributed by atoms with van der Waals surface area (Å²) in [5.74, 6) is -0.588. The molecular weight excluding hydrogens is 402 g/mol. The van der Waals surface area contributed by atoms with Gasteiger partial charge in [0.25, 0.3) is 5.69 Å². The number of aromatic nitrogens is 5. The zero-order chi connectivity index (χ0) is 20.5. The summed E-state index contributed by atoms with van der Waals surface area (Å²) in [6.45, 7) is 0. The highest BCUT2D eigenvalue weighted by Gasteiger charge is 2.25. The second kappa shape index (κ2) is 7.37. The highest BCUT2D eigenvalue weighted by atomic mass is 32.1. The van der Waals surface area contributed by atoms with E-state index in [0.717, 1.165) is 11.8 Å². The van der Waals surface area contributed by atoms with Crippen molar-refractivity contribution in [1.82, 2.24) is 20.0 Å². The SMILES string of the molecule is O=Cc1cn(-c2nc(-c3c([O-])on[n+]3-c3ccccc3)cs2)nc1-c1ccccc1. The van der Waals surface area contributed by atoms with E-state index in [4.69, 9.17) is 4.52 Å². The summed E-state index contributed by atoms with van der Waals surface area (Å²) in [6.07, 6.45) is 2.38. The highest BCUT2D eigenvalue weighted by molar-refractivity contribution is 7.12. The molecule has 9 heteroatoms. The molecule has 0 atom stereocenters. The Labute approximate surface area is 174 Å². The van der Waals surface area contributed by atoms with Crippen molar-refractivity contribution in [3.63, 3.8) is 0 Å². The first-order valence-corrected chi connectivity index (χ1v) is 9.83. The molecule has 0 fully saturated rings. The van der Waals surface area contributed by atoms with Crippen molar-refractivity contribution in [3.8, 4) is 39.4 Å². The lowest BCUT2D eigenvalue weighted by molar-refractivity contribution is -0.660. The number of rotatable bonds is 5. The first-order chi connectivity index (χ1) is 14.7. The van der Waals surface area contributed by atoms with E-state index in [0.29, 0.717) is 27.8 Å². The largest absolute Gasteiger partial charge is 0.539 e. The summed E-state index contributed by atoms with van der Waals surface area (Å²) in [7, 11) is 0. The van der Waals surface area contributed by atoms with Crippen molar-refractivity contribution in [3.05, 3.63) is 77.8 Å². The number of carbonyl (C=O) groups excluding carboxylic acids is 1. The first kappa shape index (κ1) is 18.0. The lowest BCUT2D eigenvalue weighted by Crippen LogP contribution is -2.34. The maximum atomic E-state index is 12.3. The lowest BCUT2D eigenvalue weighted by Gasteiger charge is -1.97. The average Bonchev–Trinajstić information content (AvgIpc) is 3.52. The highest BCUT2D eigenvalue weighted by Crippen LogP contribution is 2.29. The second-order valence-electron chi connectivity index (χ2n) is 6.33. The van der Waals surface area contributed by atoms with Crippen LogP contribution in [0.2, 0.25) is 0 Å². The molecule has 30 heavy (non-hydrogen) atoms. The van der Waals surface area contributed by atoms with Crippen LogP contribution in [0.3, 0.4) is 0 Å². The van der Waals surface area contributed by atoms with Crippen molar-refractivity contribution in [2.45, 2.75) is 0 Å². The van der Waals surface area contributed by atoms with Crippen molar-refractivity contribution < 1.29 is 19.1 Å². The maximum absolute atomic E-state index is 12.3. The van der Waals surface area contributed by atoms with Crippen LogP contribution in [0.1, 0.15) is 10.4 Å². The molecule has 0 spiro atoms. The Balaban J connectivity index is 1.56. The normalized spacial score (nSPS) is 10.9. The van der Waals surface area contributed by atoms with E-state index >= 15 is 0 Å². The number of hydrogen-bond acceptors (Lipinski definition) is 7. The topological polar surface area (TPSA) is 101 Å². The molecule has 8 nitrogen and oxygen atoms in total. The number of benzene rings is 2. The van der Waals surface area contributed by atoms with Gasteiger partial charge in [-0.25, -0.2) is 9.67 Å². The van der Waals surface area contributed by atoms with Gasteiger partial charge in [-0.1, -0.05) is 48.5 Å². The molecule has 0 N–H and O–H groups in total. The third kappa shape index (κ3) is 3.07. The number of aldehydes is 1. The summed E-state index contributed by atoms with van der Waals surface area (Å²) in [5.41, 5.74) is 3.16. The summed E-state index contributed by atoms with van der Waals surface area (Å²) in [5, 5.41) is 22.9. The third-order valence-electron chi connectivity index (χ3n) is 4.46. The molecule has 5 rings (SSSR count). The molecule has 0 saturated carbocycles. The Morgan fingerprint density at radius 3 is 2.53 bits per heavy atom. The van der Waals surface area contributed by atoms with Gasteiger partial charge in [0, 0.05) is 29.3 Å². The Morgan fingerprint density at radius 1 is 1.07 bits per heavy atom. The maximum Gasteiger partial charge on any atom is 0.289 e. The molecule has 2 aromatic carbocycles. The zero-order valence-corrected chi connectivity index (χ0v) is 16.2. The van der Waals surface area contributed by atoms with E-state index in [-0.39, 0.29) is 5.69 Å². The van der Waals surface area contributed by atoms with E-state index in [9.17, 15) is 9.90 Å². The molecule has 0 aliphatic rings. The minimum Gasteiger partial charge on any atom is -0.539 e. The van der Waals surface area contributed by atoms with Crippen molar-refractivity contribution >= 4 is 17.6 Å². The van der Waals surface area contributed by atoms with Crippen LogP contribution in [-0.2, 0) is 0 Å². The Morgan fingerprint density at radius 2 is 1.80 bits per heavy atom. The van der Waals surface area contributed by atoms with Gasteiger partial charge in [-0.3, -0.25) is 4.79 Å². The fourth-order valence-electron chi connectivity index (χ4n) is 3.08. The average molecular weight is 415 g/mol. The van der Waals surface area contributed by atoms with Crippen LogP contribution in [0.25, 0.3) is 33.5 Å². The molecule has 0 unspecified atom stereocenters.